The zero-order valence-electron chi connectivity index (χ0n) is 20.1. The van der Waals surface area contributed by atoms with Crippen molar-refractivity contribution >= 4 is 15.7 Å². The van der Waals surface area contributed by atoms with Crippen LogP contribution in [0.1, 0.15) is 5.56 Å². The van der Waals surface area contributed by atoms with Crippen LogP contribution in [0.15, 0.2) is 97.2 Å². The van der Waals surface area contributed by atoms with E-state index in [0.717, 1.165) is 0 Å². The number of nitrogens with zero attached hydrogens (tertiary/aromatic N) is 2. The second kappa shape index (κ2) is 11.4. The maximum atomic E-state index is 13.2. The first-order valence-electron chi connectivity index (χ1n) is 11.3. The number of para-hydroxylation sites is 3. The Balaban J connectivity index is 1.66. The van der Waals surface area contributed by atoms with Crippen LogP contribution in [0.4, 0.5) is 18.9 Å². The summed E-state index contributed by atoms with van der Waals surface area (Å²) in [5, 5.41) is 0. The van der Waals surface area contributed by atoms with Gasteiger partial charge in [-0.15, -0.1) is 0 Å². The van der Waals surface area contributed by atoms with Gasteiger partial charge in [0.15, 0.2) is 17.3 Å². The number of hydrogen-bond acceptors (Lipinski definition) is 6. The van der Waals surface area contributed by atoms with E-state index in [-0.39, 0.29) is 17.1 Å². The number of pyridine rings is 1. The van der Waals surface area contributed by atoms with E-state index in [0.29, 0.717) is 27.3 Å². The number of benzene rings is 3. The number of halogens is 3. The van der Waals surface area contributed by atoms with Crippen LogP contribution in [0.2, 0.25) is 0 Å². The summed E-state index contributed by atoms with van der Waals surface area (Å²) in [4.78, 5) is 4.16. The maximum Gasteiger partial charge on any atom is 0.404 e. The lowest BCUT2D eigenvalue weighted by Crippen LogP contribution is -2.37. The van der Waals surface area contributed by atoms with Gasteiger partial charge >= 0.3 is 6.18 Å². The van der Waals surface area contributed by atoms with Crippen molar-refractivity contribution in [1.29, 1.82) is 0 Å². The highest BCUT2D eigenvalue weighted by Gasteiger charge is 2.39. The van der Waals surface area contributed by atoms with Crippen molar-refractivity contribution in [3.63, 3.8) is 0 Å². The van der Waals surface area contributed by atoms with Gasteiger partial charge in [-0.05, 0) is 54.6 Å². The molecule has 0 fully saturated rings. The largest absolute Gasteiger partial charge is 0.493 e. The van der Waals surface area contributed by atoms with E-state index in [4.69, 9.17) is 14.2 Å². The monoisotopic (exact) mass is 544 g/mol. The molecule has 0 saturated carbocycles. The topological polar surface area (TPSA) is 78.0 Å². The predicted octanol–water partition coefficient (Wildman–Crippen LogP) is 6.57. The molecule has 0 aliphatic heterocycles. The molecule has 0 radical (unpaired) electrons. The standard InChI is InChI=1S/C27H23F3N2O5S/c1-35-24-11-5-6-12-25(24)36-23-15-13-21(14-16-23)32(38(33,34)19-27(28,29)30)18-20-8-7-17-31-26(20)37-22-9-3-2-4-10-22/h2-17H,18-19H2,1H3. The summed E-state index contributed by atoms with van der Waals surface area (Å²) in [6, 6.07) is 24.3. The molecule has 0 atom stereocenters. The van der Waals surface area contributed by atoms with Crippen LogP contribution < -0.4 is 18.5 Å². The van der Waals surface area contributed by atoms with Crippen molar-refractivity contribution in [2.24, 2.45) is 0 Å². The summed E-state index contributed by atoms with van der Waals surface area (Å²) in [6.45, 7) is -0.443. The number of aromatic nitrogens is 1. The summed E-state index contributed by atoms with van der Waals surface area (Å²) in [7, 11) is -3.35. The molecule has 0 amide bonds. The number of sulfonamides is 1. The molecule has 0 aliphatic carbocycles. The minimum absolute atomic E-state index is 0.0103. The fourth-order valence-electron chi connectivity index (χ4n) is 3.54. The molecule has 1 heterocycles. The molecule has 11 heteroatoms. The highest BCUT2D eigenvalue weighted by Crippen LogP contribution is 2.34. The van der Waals surface area contributed by atoms with E-state index in [2.05, 4.69) is 4.98 Å². The van der Waals surface area contributed by atoms with Crippen LogP contribution in [0.5, 0.6) is 28.9 Å². The molecule has 4 rings (SSSR count). The Morgan fingerprint density at radius 3 is 2.08 bits per heavy atom. The van der Waals surface area contributed by atoms with Crippen LogP contribution in [-0.4, -0.2) is 32.4 Å². The summed E-state index contributed by atoms with van der Waals surface area (Å²) in [6.07, 6.45) is -3.50. The van der Waals surface area contributed by atoms with Crippen LogP contribution >= 0.6 is 0 Å². The Bertz CT molecular complexity index is 1460. The molecule has 7 nitrogen and oxygen atoms in total. The summed E-state index contributed by atoms with van der Waals surface area (Å²) in [5.74, 6) is -0.289. The van der Waals surface area contributed by atoms with Gasteiger partial charge in [0.2, 0.25) is 15.9 Å². The first-order valence-corrected chi connectivity index (χ1v) is 12.9. The molecule has 198 valence electrons. The van der Waals surface area contributed by atoms with E-state index in [9.17, 15) is 21.6 Å². The summed E-state index contributed by atoms with van der Waals surface area (Å²) >= 11 is 0. The quantitative estimate of drug-likeness (QED) is 0.225. The first-order chi connectivity index (χ1) is 18.1. The normalized spacial score (nSPS) is 11.6. The highest BCUT2D eigenvalue weighted by molar-refractivity contribution is 7.92. The van der Waals surface area contributed by atoms with Crippen molar-refractivity contribution in [2.75, 3.05) is 17.2 Å². The maximum absolute atomic E-state index is 13.2. The second-order valence-corrected chi connectivity index (χ2v) is 9.90. The Labute approximate surface area is 218 Å². The number of rotatable bonds is 10. The molecular formula is C27H23F3N2O5S. The molecule has 3 aromatic carbocycles. The fourth-order valence-corrected chi connectivity index (χ4v) is 4.88. The van der Waals surface area contributed by atoms with Gasteiger partial charge in [0.05, 0.1) is 19.3 Å². The lowest BCUT2D eigenvalue weighted by atomic mass is 10.2. The zero-order valence-corrected chi connectivity index (χ0v) is 20.9. The lowest BCUT2D eigenvalue weighted by Gasteiger charge is -2.26. The van der Waals surface area contributed by atoms with E-state index in [1.165, 1.54) is 37.6 Å². The molecule has 0 N–H and O–H groups in total. The van der Waals surface area contributed by atoms with Gasteiger partial charge in [0, 0.05) is 11.8 Å². The SMILES string of the molecule is COc1ccccc1Oc1ccc(N(Cc2cccnc2Oc2ccccc2)S(=O)(=O)CC(F)(F)F)cc1. The van der Waals surface area contributed by atoms with E-state index < -0.39 is 28.5 Å². The minimum atomic E-state index is -4.94. The third-order valence-corrected chi connectivity index (χ3v) is 6.93. The molecule has 0 bridgehead atoms. The number of ether oxygens (including phenoxy) is 3. The number of methoxy groups -OCH3 is 1. The van der Waals surface area contributed by atoms with Gasteiger partial charge in [-0.1, -0.05) is 36.4 Å². The molecule has 0 aliphatic rings. The van der Waals surface area contributed by atoms with Crippen LogP contribution in [0, 0.1) is 0 Å². The predicted molar refractivity (Wildman–Crippen MR) is 136 cm³/mol. The summed E-state index contributed by atoms with van der Waals surface area (Å²) in [5.41, 5.74) is 0.285. The molecule has 0 saturated heterocycles. The number of alkyl halides is 3. The Kier molecular flexibility index (Phi) is 8.06. The molecular weight excluding hydrogens is 521 g/mol. The van der Waals surface area contributed by atoms with E-state index >= 15 is 0 Å². The van der Waals surface area contributed by atoms with Gasteiger partial charge in [-0.3, -0.25) is 4.31 Å². The average Bonchev–Trinajstić information content (AvgIpc) is 2.88. The molecule has 0 spiro atoms. The Morgan fingerprint density at radius 2 is 1.42 bits per heavy atom. The number of anilines is 1. The molecule has 1 aromatic heterocycles. The highest BCUT2D eigenvalue weighted by atomic mass is 32.2. The first kappa shape index (κ1) is 26.8. The minimum Gasteiger partial charge on any atom is -0.493 e. The third-order valence-electron chi connectivity index (χ3n) is 5.23. The Hall–Kier alpha value is -4.25. The second-order valence-electron chi connectivity index (χ2n) is 8.01. The zero-order chi connectivity index (χ0) is 27.2. The van der Waals surface area contributed by atoms with Gasteiger partial charge in [-0.2, -0.15) is 13.2 Å². The van der Waals surface area contributed by atoms with Crippen LogP contribution in [0.3, 0.4) is 0 Å². The van der Waals surface area contributed by atoms with Gasteiger partial charge in [0.25, 0.3) is 0 Å². The van der Waals surface area contributed by atoms with Crippen molar-refractivity contribution in [1.82, 2.24) is 4.98 Å². The van der Waals surface area contributed by atoms with Crippen LogP contribution in [0.25, 0.3) is 0 Å². The summed E-state index contributed by atoms with van der Waals surface area (Å²) < 4.78 is 83.2. The molecule has 0 unspecified atom stereocenters. The Morgan fingerprint density at radius 1 is 0.789 bits per heavy atom. The average molecular weight is 545 g/mol. The smallest absolute Gasteiger partial charge is 0.404 e. The van der Waals surface area contributed by atoms with E-state index in [1.807, 2.05) is 0 Å². The van der Waals surface area contributed by atoms with Crippen LogP contribution in [-0.2, 0) is 16.6 Å². The number of hydrogen-bond donors (Lipinski definition) is 0. The van der Waals surface area contributed by atoms with Crippen molar-refractivity contribution in [2.45, 2.75) is 12.7 Å². The lowest BCUT2D eigenvalue weighted by molar-refractivity contribution is -0.106. The fraction of sp³-hybridized carbons (Fsp3) is 0.148. The van der Waals surface area contributed by atoms with Gasteiger partial charge < -0.3 is 14.2 Å². The third kappa shape index (κ3) is 6.94. The van der Waals surface area contributed by atoms with Gasteiger partial charge in [-0.25, -0.2) is 13.4 Å². The molecule has 4 aromatic rings. The van der Waals surface area contributed by atoms with Crippen molar-refractivity contribution in [3.8, 4) is 28.9 Å². The van der Waals surface area contributed by atoms with Gasteiger partial charge in [0.1, 0.15) is 11.5 Å². The van der Waals surface area contributed by atoms with Crippen molar-refractivity contribution in [3.05, 3.63) is 103 Å². The van der Waals surface area contributed by atoms with Crippen molar-refractivity contribution < 1.29 is 35.8 Å². The van der Waals surface area contributed by atoms with E-state index in [1.54, 1.807) is 66.7 Å². The molecule has 38 heavy (non-hydrogen) atoms.